The normalized spacial score (nSPS) is 10.7. The minimum atomic E-state index is -0.323. The Kier molecular flexibility index (Phi) is 5.40. The Bertz CT molecular complexity index is 896. The van der Waals surface area contributed by atoms with E-state index in [1.165, 1.54) is 23.9 Å². The molecular weight excluding hydrogens is 361 g/mol. The van der Waals surface area contributed by atoms with Gasteiger partial charge in [0.25, 0.3) is 0 Å². The molecule has 4 nitrogen and oxygen atoms in total. The molecule has 0 saturated carbocycles. The molecule has 3 aromatic rings. The molecule has 0 saturated heterocycles. The molecule has 2 aromatic carbocycles. The smallest absolute Gasteiger partial charge is 0.235 e. The highest BCUT2D eigenvalue weighted by atomic mass is 35.5. The molecule has 25 heavy (non-hydrogen) atoms. The number of halogens is 2. The second-order valence-corrected chi connectivity index (χ2v) is 6.84. The van der Waals surface area contributed by atoms with Crippen molar-refractivity contribution in [1.29, 1.82) is 0 Å². The summed E-state index contributed by atoms with van der Waals surface area (Å²) < 4.78 is 14.7. The molecule has 3 rings (SSSR count). The van der Waals surface area contributed by atoms with E-state index in [4.69, 9.17) is 11.6 Å². The molecule has 1 amide bonds. The summed E-state index contributed by atoms with van der Waals surface area (Å²) in [6.45, 7) is 1.83. The number of anilines is 1. The standard InChI is InChI=1S/C18H15ClFN3OS/c1-12-9-17(23(22-12)15-7-5-14(20)6-8-15)21-18(24)11-25-16-4-2-3-13(19)10-16/h2-10H,11H2,1H3,(H,21,24). The van der Waals surface area contributed by atoms with Gasteiger partial charge in [0.2, 0.25) is 5.91 Å². The van der Waals surface area contributed by atoms with Gasteiger partial charge in [-0.25, -0.2) is 9.07 Å². The Morgan fingerprint density at radius 3 is 2.72 bits per heavy atom. The summed E-state index contributed by atoms with van der Waals surface area (Å²) in [5.41, 5.74) is 1.43. The van der Waals surface area contributed by atoms with Gasteiger partial charge in [0.1, 0.15) is 11.6 Å². The number of nitrogens with one attached hydrogen (secondary N) is 1. The Hall–Kier alpha value is -2.31. The number of aryl methyl sites for hydroxylation is 1. The number of aromatic nitrogens is 2. The molecule has 0 aliphatic heterocycles. The van der Waals surface area contributed by atoms with E-state index in [0.717, 1.165) is 10.6 Å². The van der Waals surface area contributed by atoms with Crippen LogP contribution in [-0.2, 0) is 4.79 Å². The van der Waals surface area contributed by atoms with Crippen LogP contribution in [0.15, 0.2) is 59.5 Å². The summed E-state index contributed by atoms with van der Waals surface area (Å²) in [5.74, 6) is 0.304. The van der Waals surface area contributed by atoms with E-state index < -0.39 is 0 Å². The highest BCUT2D eigenvalue weighted by molar-refractivity contribution is 8.00. The van der Waals surface area contributed by atoms with E-state index in [1.54, 1.807) is 28.9 Å². The monoisotopic (exact) mass is 375 g/mol. The zero-order valence-electron chi connectivity index (χ0n) is 13.4. The Morgan fingerprint density at radius 1 is 1.24 bits per heavy atom. The zero-order chi connectivity index (χ0) is 17.8. The van der Waals surface area contributed by atoms with E-state index in [1.807, 2.05) is 25.1 Å². The quantitative estimate of drug-likeness (QED) is 0.657. The average Bonchev–Trinajstić information content (AvgIpc) is 2.94. The number of amides is 1. The van der Waals surface area contributed by atoms with Crippen LogP contribution in [0.25, 0.3) is 5.69 Å². The lowest BCUT2D eigenvalue weighted by molar-refractivity contribution is -0.113. The van der Waals surface area contributed by atoms with E-state index in [0.29, 0.717) is 16.5 Å². The summed E-state index contributed by atoms with van der Waals surface area (Å²) in [6, 6.07) is 15.0. The molecule has 128 valence electrons. The Balaban J connectivity index is 1.70. The molecule has 0 fully saturated rings. The van der Waals surface area contributed by atoms with Crippen LogP contribution >= 0.6 is 23.4 Å². The third-order valence-corrected chi connectivity index (χ3v) is 4.57. The first-order valence-corrected chi connectivity index (χ1v) is 8.88. The number of carbonyl (C=O) groups excluding carboxylic acids is 1. The van der Waals surface area contributed by atoms with Crippen LogP contribution in [0, 0.1) is 12.7 Å². The number of thioether (sulfide) groups is 1. The number of hydrogen-bond acceptors (Lipinski definition) is 3. The molecule has 7 heteroatoms. The summed E-state index contributed by atoms with van der Waals surface area (Å²) in [7, 11) is 0. The first-order valence-electron chi connectivity index (χ1n) is 7.52. The summed E-state index contributed by atoms with van der Waals surface area (Å²) in [6.07, 6.45) is 0. The average molecular weight is 376 g/mol. The number of rotatable bonds is 5. The van der Waals surface area contributed by atoms with Crippen molar-refractivity contribution in [3.8, 4) is 5.69 Å². The lowest BCUT2D eigenvalue weighted by atomic mass is 10.3. The van der Waals surface area contributed by atoms with Gasteiger partial charge in [0.15, 0.2) is 0 Å². The van der Waals surface area contributed by atoms with Gasteiger partial charge in [0, 0.05) is 16.0 Å². The minimum Gasteiger partial charge on any atom is -0.310 e. The van der Waals surface area contributed by atoms with Gasteiger partial charge in [-0.3, -0.25) is 4.79 Å². The van der Waals surface area contributed by atoms with E-state index >= 15 is 0 Å². The Labute approximate surface area is 154 Å². The molecule has 1 heterocycles. The van der Waals surface area contributed by atoms with Gasteiger partial charge < -0.3 is 5.32 Å². The maximum Gasteiger partial charge on any atom is 0.235 e. The molecule has 0 spiro atoms. The third kappa shape index (κ3) is 4.61. The number of benzene rings is 2. The largest absolute Gasteiger partial charge is 0.310 e. The number of nitrogens with zero attached hydrogens (tertiary/aromatic N) is 2. The highest BCUT2D eigenvalue weighted by Crippen LogP contribution is 2.22. The van der Waals surface area contributed by atoms with Crippen LogP contribution in [0.2, 0.25) is 5.02 Å². The number of carbonyl (C=O) groups is 1. The van der Waals surface area contributed by atoms with Crippen molar-refractivity contribution in [2.45, 2.75) is 11.8 Å². The molecule has 0 bridgehead atoms. The summed E-state index contributed by atoms with van der Waals surface area (Å²) in [4.78, 5) is 13.2. The maximum absolute atomic E-state index is 13.1. The van der Waals surface area contributed by atoms with Gasteiger partial charge in [0.05, 0.1) is 17.1 Å². The van der Waals surface area contributed by atoms with Crippen LogP contribution in [0.5, 0.6) is 0 Å². The topological polar surface area (TPSA) is 46.9 Å². The van der Waals surface area contributed by atoms with Crippen molar-refractivity contribution in [2.24, 2.45) is 0 Å². The van der Waals surface area contributed by atoms with Crippen LogP contribution in [-0.4, -0.2) is 21.4 Å². The Morgan fingerprint density at radius 2 is 2.00 bits per heavy atom. The highest BCUT2D eigenvalue weighted by Gasteiger charge is 2.11. The van der Waals surface area contributed by atoms with Crippen LogP contribution in [0.3, 0.4) is 0 Å². The molecule has 0 radical (unpaired) electrons. The van der Waals surface area contributed by atoms with Crippen molar-refractivity contribution in [2.75, 3.05) is 11.1 Å². The molecule has 0 aliphatic rings. The first kappa shape index (κ1) is 17.5. The lowest BCUT2D eigenvalue weighted by Gasteiger charge is -2.09. The summed E-state index contributed by atoms with van der Waals surface area (Å²) >= 11 is 7.34. The van der Waals surface area contributed by atoms with Crippen molar-refractivity contribution in [3.05, 3.63) is 71.1 Å². The van der Waals surface area contributed by atoms with Gasteiger partial charge in [-0.2, -0.15) is 5.10 Å². The maximum atomic E-state index is 13.1. The fourth-order valence-electron chi connectivity index (χ4n) is 2.25. The molecular formula is C18H15ClFN3OS. The second-order valence-electron chi connectivity index (χ2n) is 5.35. The van der Waals surface area contributed by atoms with Gasteiger partial charge in [-0.1, -0.05) is 17.7 Å². The van der Waals surface area contributed by atoms with E-state index in [2.05, 4.69) is 10.4 Å². The fourth-order valence-corrected chi connectivity index (χ4v) is 3.26. The summed E-state index contributed by atoms with van der Waals surface area (Å²) in [5, 5.41) is 7.83. The van der Waals surface area contributed by atoms with Crippen LogP contribution in [0.1, 0.15) is 5.69 Å². The van der Waals surface area contributed by atoms with E-state index in [9.17, 15) is 9.18 Å². The minimum absolute atomic E-state index is 0.159. The number of hydrogen-bond donors (Lipinski definition) is 1. The van der Waals surface area contributed by atoms with E-state index in [-0.39, 0.29) is 17.5 Å². The van der Waals surface area contributed by atoms with Crippen molar-refractivity contribution in [1.82, 2.24) is 9.78 Å². The third-order valence-electron chi connectivity index (χ3n) is 3.34. The van der Waals surface area contributed by atoms with Gasteiger partial charge in [-0.05, 0) is 49.4 Å². The first-order chi connectivity index (χ1) is 12.0. The fraction of sp³-hybridized carbons (Fsp3) is 0.111. The predicted molar refractivity (Wildman–Crippen MR) is 99.1 cm³/mol. The SMILES string of the molecule is Cc1cc(NC(=O)CSc2cccc(Cl)c2)n(-c2ccc(F)cc2)n1. The molecule has 0 atom stereocenters. The van der Waals surface area contributed by atoms with Crippen molar-refractivity contribution in [3.63, 3.8) is 0 Å². The lowest BCUT2D eigenvalue weighted by Crippen LogP contribution is -2.16. The van der Waals surface area contributed by atoms with Crippen molar-refractivity contribution >= 4 is 35.1 Å². The van der Waals surface area contributed by atoms with Gasteiger partial charge >= 0.3 is 0 Å². The van der Waals surface area contributed by atoms with Crippen LogP contribution < -0.4 is 5.32 Å². The predicted octanol–water partition coefficient (Wildman–Crippen LogP) is 4.70. The molecule has 1 aromatic heterocycles. The molecule has 1 N–H and O–H groups in total. The van der Waals surface area contributed by atoms with Crippen molar-refractivity contribution < 1.29 is 9.18 Å². The second kappa shape index (κ2) is 7.72. The van der Waals surface area contributed by atoms with Gasteiger partial charge in [-0.15, -0.1) is 11.8 Å². The molecule has 0 aliphatic carbocycles. The molecule has 0 unspecified atom stereocenters. The zero-order valence-corrected chi connectivity index (χ0v) is 14.9. The van der Waals surface area contributed by atoms with Crippen LogP contribution in [0.4, 0.5) is 10.2 Å².